The second-order valence-electron chi connectivity index (χ2n) is 6.97. The van der Waals surface area contributed by atoms with Gasteiger partial charge >= 0.3 is 0 Å². The Morgan fingerprint density at radius 3 is 2.62 bits per heavy atom. The smallest absolute Gasteiger partial charge is 0.280 e. The van der Waals surface area contributed by atoms with Crippen molar-refractivity contribution in [2.24, 2.45) is 0 Å². The summed E-state index contributed by atoms with van der Waals surface area (Å²) in [4.78, 5) is 31.2. The summed E-state index contributed by atoms with van der Waals surface area (Å²) in [7, 11) is -3.97. The minimum atomic E-state index is -3.97. The fourth-order valence-electron chi connectivity index (χ4n) is 3.06. The Labute approximate surface area is 192 Å². The van der Waals surface area contributed by atoms with Gasteiger partial charge in [-0.2, -0.15) is 0 Å². The second-order valence-corrected chi connectivity index (χ2v) is 10.3. The molecule has 1 amide bonds. The molecular formula is C21H17ClN4O4S2. The topological polar surface area (TPSA) is 110 Å². The third kappa shape index (κ3) is 4.24. The molecule has 2 aromatic carbocycles. The van der Waals surface area contributed by atoms with Crippen LogP contribution in [0, 0.1) is 13.8 Å². The Balaban J connectivity index is 1.61. The maximum absolute atomic E-state index is 12.8. The van der Waals surface area contributed by atoms with Crippen molar-refractivity contribution in [3.63, 3.8) is 0 Å². The molecule has 0 fully saturated rings. The van der Waals surface area contributed by atoms with E-state index in [1.165, 1.54) is 48.0 Å². The summed E-state index contributed by atoms with van der Waals surface area (Å²) in [5.41, 5.74) is 3.22. The van der Waals surface area contributed by atoms with Gasteiger partial charge in [0.1, 0.15) is 11.2 Å². The van der Waals surface area contributed by atoms with Crippen LogP contribution in [-0.2, 0) is 10.0 Å². The standard InChI is InChI=1S/C21H17ClN4O4S2/c1-12-13(2)31-20-18(12)21(28)26(11-23-20)24-19(27)14-5-3-8-17(9-14)32(29,30)25-16-7-4-6-15(22)10-16/h3-11,25H,1-2H3,(H,24,27). The van der Waals surface area contributed by atoms with Crippen LogP contribution >= 0.6 is 22.9 Å². The number of hydrogen-bond donors (Lipinski definition) is 2. The third-order valence-electron chi connectivity index (χ3n) is 4.80. The minimum Gasteiger partial charge on any atom is -0.280 e. The van der Waals surface area contributed by atoms with Crippen molar-refractivity contribution < 1.29 is 13.2 Å². The molecule has 2 aromatic heterocycles. The Morgan fingerprint density at radius 2 is 1.88 bits per heavy atom. The summed E-state index contributed by atoms with van der Waals surface area (Å²) in [5, 5.41) is 0.822. The summed E-state index contributed by atoms with van der Waals surface area (Å²) in [5.74, 6) is -0.655. The highest BCUT2D eigenvalue weighted by atomic mass is 35.5. The molecule has 0 spiro atoms. The lowest BCUT2D eigenvalue weighted by Crippen LogP contribution is -2.33. The number of amides is 1. The van der Waals surface area contributed by atoms with Gasteiger partial charge in [-0.3, -0.25) is 19.7 Å². The van der Waals surface area contributed by atoms with E-state index in [-0.39, 0.29) is 10.5 Å². The van der Waals surface area contributed by atoms with E-state index in [4.69, 9.17) is 11.6 Å². The molecule has 164 valence electrons. The van der Waals surface area contributed by atoms with Gasteiger partial charge in [0, 0.05) is 15.5 Å². The third-order valence-corrected chi connectivity index (χ3v) is 7.52. The van der Waals surface area contributed by atoms with Gasteiger partial charge in [0.25, 0.3) is 21.5 Å². The van der Waals surface area contributed by atoms with E-state index in [0.717, 1.165) is 15.1 Å². The molecule has 2 heterocycles. The summed E-state index contributed by atoms with van der Waals surface area (Å²) in [6, 6.07) is 11.7. The lowest BCUT2D eigenvalue weighted by molar-refractivity contribution is 0.101. The lowest BCUT2D eigenvalue weighted by Gasteiger charge is -2.11. The van der Waals surface area contributed by atoms with Crippen molar-refractivity contribution in [3.05, 3.63) is 86.2 Å². The summed E-state index contributed by atoms with van der Waals surface area (Å²) < 4.78 is 28.9. The first kappa shape index (κ1) is 22.0. The predicted molar refractivity (Wildman–Crippen MR) is 126 cm³/mol. The van der Waals surface area contributed by atoms with Crippen LogP contribution in [0.4, 0.5) is 5.69 Å². The zero-order valence-electron chi connectivity index (χ0n) is 16.9. The van der Waals surface area contributed by atoms with Gasteiger partial charge in [-0.25, -0.2) is 18.1 Å². The summed E-state index contributed by atoms with van der Waals surface area (Å²) in [6.45, 7) is 3.72. The number of carbonyl (C=O) groups excluding carboxylic acids is 1. The van der Waals surface area contributed by atoms with Crippen LogP contribution in [0.15, 0.2) is 64.5 Å². The number of benzene rings is 2. The Kier molecular flexibility index (Phi) is 5.76. The number of aryl methyl sites for hydroxylation is 2. The van der Waals surface area contributed by atoms with E-state index < -0.39 is 21.5 Å². The molecular weight excluding hydrogens is 472 g/mol. The molecule has 0 bridgehead atoms. The number of carbonyl (C=O) groups is 1. The fourth-order valence-corrected chi connectivity index (χ4v) is 5.33. The number of fused-ring (bicyclic) bond motifs is 1. The number of nitrogens with one attached hydrogen (secondary N) is 2. The average Bonchev–Trinajstić information content (AvgIpc) is 3.04. The normalized spacial score (nSPS) is 11.5. The van der Waals surface area contributed by atoms with Gasteiger partial charge in [-0.1, -0.05) is 23.7 Å². The number of halogens is 1. The van der Waals surface area contributed by atoms with Gasteiger partial charge < -0.3 is 0 Å². The molecule has 0 atom stereocenters. The first-order valence-electron chi connectivity index (χ1n) is 9.33. The zero-order chi connectivity index (χ0) is 23.0. The molecule has 0 unspecified atom stereocenters. The van der Waals surface area contributed by atoms with Crippen molar-refractivity contribution in [1.29, 1.82) is 0 Å². The molecule has 11 heteroatoms. The highest BCUT2D eigenvalue weighted by Crippen LogP contribution is 2.25. The highest BCUT2D eigenvalue weighted by molar-refractivity contribution is 7.92. The second kappa shape index (κ2) is 8.38. The molecule has 8 nitrogen and oxygen atoms in total. The van der Waals surface area contributed by atoms with Crippen LogP contribution in [-0.4, -0.2) is 24.0 Å². The van der Waals surface area contributed by atoms with E-state index in [9.17, 15) is 18.0 Å². The number of thiophene rings is 1. The van der Waals surface area contributed by atoms with Gasteiger partial charge in [0.05, 0.1) is 16.0 Å². The monoisotopic (exact) mass is 488 g/mol. The number of nitrogens with zero attached hydrogens (tertiary/aromatic N) is 2. The number of sulfonamides is 1. The van der Waals surface area contributed by atoms with Crippen molar-refractivity contribution in [2.75, 3.05) is 10.1 Å². The van der Waals surface area contributed by atoms with Crippen molar-refractivity contribution in [1.82, 2.24) is 9.66 Å². The van der Waals surface area contributed by atoms with E-state index in [1.54, 1.807) is 18.2 Å². The van der Waals surface area contributed by atoms with Gasteiger partial charge in [0.2, 0.25) is 0 Å². The highest BCUT2D eigenvalue weighted by Gasteiger charge is 2.18. The first-order valence-corrected chi connectivity index (χ1v) is 12.0. The van der Waals surface area contributed by atoms with Crippen LogP contribution < -0.4 is 15.7 Å². The van der Waals surface area contributed by atoms with E-state index in [0.29, 0.717) is 20.9 Å². The minimum absolute atomic E-state index is 0.0594. The Bertz CT molecular complexity index is 1530. The van der Waals surface area contributed by atoms with E-state index >= 15 is 0 Å². The molecule has 0 saturated heterocycles. The molecule has 0 saturated carbocycles. The molecule has 4 aromatic rings. The average molecular weight is 489 g/mol. The quantitative estimate of drug-likeness (QED) is 0.442. The van der Waals surface area contributed by atoms with Crippen LogP contribution in [0.1, 0.15) is 20.8 Å². The maximum atomic E-state index is 12.8. The first-order chi connectivity index (χ1) is 15.2. The Hall–Kier alpha value is -3.21. The molecule has 32 heavy (non-hydrogen) atoms. The number of rotatable bonds is 5. The molecule has 0 aliphatic carbocycles. The molecule has 0 aliphatic rings. The van der Waals surface area contributed by atoms with Crippen LogP contribution in [0.2, 0.25) is 5.02 Å². The number of anilines is 1. The van der Waals surface area contributed by atoms with Gasteiger partial charge in [-0.05, 0) is 55.8 Å². The number of hydrogen-bond acceptors (Lipinski definition) is 6. The fraction of sp³-hybridized carbons (Fsp3) is 0.0952. The van der Waals surface area contributed by atoms with Gasteiger partial charge in [-0.15, -0.1) is 11.3 Å². The molecule has 2 N–H and O–H groups in total. The molecule has 4 rings (SSSR count). The van der Waals surface area contributed by atoms with E-state index in [2.05, 4.69) is 15.1 Å². The van der Waals surface area contributed by atoms with Crippen molar-refractivity contribution in [3.8, 4) is 0 Å². The maximum Gasteiger partial charge on any atom is 0.281 e. The van der Waals surface area contributed by atoms with Crippen molar-refractivity contribution >= 4 is 54.8 Å². The van der Waals surface area contributed by atoms with Crippen LogP contribution in [0.3, 0.4) is 0 Å². The van der Waals surface area contributed by atoms with E-state index in [1.807, 2.05) is 13.8 Å². The molecule has 0 aliphatic heterocycles. The molecule has 0 radical (unpaired) electrons. The van der Waals surface area contributed by atoms with Gasteiger partial charge in [0.15, 0.2) is 0 Å². The van der Waals surface area contributed by atoms with Crippen LogP contribution in [0.5, 0.6) is 0 Å². The largest absolute Gasteiger partial charge is 0.281 e. The van der Waals surface area contributed by atoms with Crippen LogP contribution in [0.25, 0.3) is 10.2 Å². The summed E-state index contributed by atoms with van der Waals surface area (Å²) >= 11 is 7.31. The predicted octanol–water partition coefficient (Wildman–Crippen LogP) is 3.91. The van der Waals surface area contributed by atoms with Crippen molar-refractivity contribution in [2.45, 2.75) is 18.7 Å². The summed E-state index contributed by atoms with van der Waals surface area (Å²) in [6.07, 6.45) is 1.24. The lowest BCUT2D eigenvalue weighted by atomic mass is 10.2. The Morgan fingerprint density at radius 1 is 1.12 bits per heavy atom. The number of aromatic nitrogens is 2. The SMILES string of the molecule is Cc1sc2ncn(NC(=O)c3cccc(S(=O)(=O)Nc4cccc(Cl)c4)c3)c(=O)c2c1C. The zero-order valence-corrected chi connectivity index (χ0v) is 19.3.